The van der Waals surface area contributed by atoms with Crippen molar-refractivity contribution < 1.29 is 0 Å². The maximum Gasteiger partial charge on any atom is 0.0856 e. The SMILES string of the molecule is NC1c2cccnc2-c2sccc21. The van der Waals surface area contributed by atoms with Crippen molar-refractivity contribution in [3.05, 3.63) is 40.9 Å². The topological polar surface area (TPSA) is 38.9 Å². The Labute approximate surface area is 80.0 Å². The standard InChI is InChI=1S/C10H8N2S/c11-8-6-2-1-4-12-9(6)10-7(8)3-5-13-10/h1-5,8H,11H2. The minimum atomic E-state index is 0.0324. The summed E-state index contributed by atoms with van der Waals surface area (Å²) in [6.45, 7) is 0. The van der Waals surface area contributed by atoms with Gasteiger partial charge in [-0.2, -0.15) is 0 Å². The molecule has 2 aromatic rings. The van der Waals surface area contributed by atoms with Crippen molar-refractivity contribution in [2.45, 2.75) is 6.04 Å². The second-order valence-electron chi connectivity index (χ2n) is 3.12. The molecule has 0 aromatic carbocycles. The summed E-state index contributed by atoms with van der Waals surface area (Å²) < 4.78 is 0. The van der Waals surface area contributed by atoms with Gasteiger partial charge < -0.3 is 5.73 Å². The summed E-state index contributed by atoms with van der Waals surface area (Å²) in [4.78, 5) is 5.59. The average Bonchev–Trinajstić information content (AvgIpc) is 2.72. The molecule has 0 bridgehead atoms. The number of nitrogens with zero attached hydrogens (tertiary/aromatic N) is 1. The van der Waals surface area contributed by atoms with E-state index >= 15 is 0 Å². The van der Waals surface area contributed by atoms with Crippen LogP contribution >= 0.6 is 11.3 Å². The summed E-state index contributed by atoms with van der Waals surface area (Å²) >= 11 is 1.72. The molecule has 0 radical (unpaired) electrons. The van der Waals surface area contributed by atoms with Gasteiger partial charge in [-0.1, -0.05) is 6.07 Å². The van der Waals surface area contributed by atoms with Gasteiger partial charge in [0.25, 0.3) is 0 Å². The molecule has 2 heterocycles. The number of nitrogens with two attached hydrogens (primary N) is 1. The third-order valence-corrected chi connectivity index (χ3v) is 3.36. The fraction of sp³-hybridized carbons (Fsp3) is 0.100. The molecule has 1 aliphatic carbocycles. The van der Waals surface area contributed by atoms with Gasteiger partial charge in [-0.05, 0) is 23.1 Å². The molecule has 0 spiro atoms. The molecular weight excluding hydrogens is 180 g/mol. The highest BCUT2D eigenvalue weighted by molar-refractivity contribution is 7.13. The molecule has 3 rings (SSSR count). The van der Waals surface area contributed by atoms with Crippen molar-refractivity contribution in [3.8, 4) is 10.6 Å². The highest BCUT2D eigenvalue weighted by atomic mass is 32.1. The second-order valence-corrected chi connectivity index (χ2v) is 4.04. The summed E-state index contributed by atoms with van der Waals surface area (Å²) in [5, 5.41) is 2.07. The van der Waals surface area contributed by atoms with Crippen molar-refractivity contribution >= 4 is 11.3 Å². The molecule has 1 aliphatic rings. The van der Waals surface area contributed by atoms with Gasteiger partial charge >= 0.3 is 0 Å². The van der Waals surface area contributed by atoms with E-state index in [1.807, 2.05) is 12.3 Å². The number of hydrogen-bond donors (Lipinski definition) is 1. The third-order valence-electron chi connectivity index (χ3n) is 2.42. The molecule has 0 aliphatic heterocycles. The predicted octanol–water partition coefficient (Wildman–Crippen LogP) is 2.17. The molecule has 64 valence electrons. The zero-order valence-electron chi connectivity index (χ0n) is 6.90. The number of aromatic nitrogens is 1. The van der Waals surface area contributed by atoms with Crippen molar-refractivity contribution in [2.75, 3.05) is 0 Å². The van der Waals surface area contributed by atoms with Crippen LogP contribution in [-0.4, -0.2) is 4.98 Å². The molecule has 13 heavy (non-hydrogen) atoms. The Morgan fingerprint density at radius 1 is 1.31 bits per heavy atom. The van der Waals surface area contributed by atoms with Crippen LogP contribution in [0.25, 0.3) is 10.6 Å². The Morgan fingerprint density at radius 3 is 3.15 bits per heavy atom. The first-order valence-electron chi connectivity index (χ1n) is 4.16. The highest BCUT2D eigenvalue weighted by Gasteiger charge is 2.27. The Morgan fingerprint density at radius 2 is 2.23 bits per heavy atom. The normalized spacial score (nSPS) is 18.4. The molecule has 2 aromatic heterocycles. The van der Waals surface area contributed by atoms with Gasteiger partial charge in [0, 0.05) is 11.8 Å². The van der Waals surface area contributed by atoms with Gasteiger partial charge in [-0.15, -0.1) is 11.3 Å². The first-order chi connectivity index (χ1) is 6.38. The Hall–Kier alpha value is -1.19. The number of hydrogen-bond acceptors (Lipinski definition) is 3. The fourth-order valence-corrected chi connectivity index (χ4v) is 2.75. The van der Waals surface area contributed by atoms with Crippen molar-refractivity contribution in [1.29, 1.82) is 0 Å². The lowest BCUT2D eigenvalue weighted by atomic mass is 10.1. The smallest absolute Gasteiger partial charge is 0.0856 e. The van der Waals surface area contributed by atoms with Crippen molar-refractivity contribution in [2.24, 2.45) is 5.73 Å². The van der Waals surface area contributed by atoms with E-state index in [-0.39, 0.29) is 6.04 Å². The summed E-state index contributed by atoms with van der Waals surface area (Å²) in [6, 6.07) is 6.12. The molecule has 0 fully saturated rings. The summed E-state index contributed by atoms with van der Waals surface area (Å²) in [6.07, 6.45) is 1.82. The maximum atomic E-state index is 6.07. The number of rotatable bonds is 0. The van der Waals surface area contributed by atoms with Gasteiger partial charge in [-0.3, -0.25) is 4.98 Å². The minimum Gasteiger partial charge on any atom is -0.320 e. The average molecular weight is 188 g/mol. The van der Waals surface area contributed by atoms with Crippen LogP contribution in [0.5, 0.6) is 0 Å². The van der Waals surface area contributed by atoms with Crippen LogP contribution in [0.3, 0.4) is 0 Å². The van der Waals surface area contributed by atoms with E-state index in [0.717, 1.165) is 11.3 Å². The van der Waals surface area contributed by atoms with Crippen LogP contribution in [0.1, 0.15) is 17.2 Å². The van der Waals surface area contributed by atoms with E-state index < -0.39 is 0 Å². The lowest BCUT2D eigenvalue weighted by molar-refractivity contribution is 0.900. The zero-order valence-corrected chi connectivity index (χ0v) is 7.71. The highest BCUT2D eigenvalue weighted by Crippen LogP contribution is 2.43. The largest absolute Gasteiger partial charge is 0.320 e. The van der Waals surface area contributed by atoms with E-state index in [1.54, 1.807) is 11.3 Å². The monoisotopic (exact) mass is 188 g/mol. The van der Waals surface area contributed by atoms with Crippen molar-refractivity contribution in [3.63, 3.8) is 0 Å². The third kappa shape index (κ3) is 0.829. The summed E-state index contributed by atoms with van der Waals surface area (Å²) in [5.41, 5.74) is 9.52. The Bertz CT molecular complexity index is 461. The quantitative estimate of drug-likeness (QED) is 0.688. The molecule has 0 saturated heterocycles. The molecule has 1 unspecified atom stereocenters. The first kappa shape index (κ1) is 7.24. The predicted molar refractivity (Wildman–Crippen MR) is 53.6 cm³/mol. The molecular formula is C10H8N2S. The first-order valence-corrected chi connectivity index (χ1v) is 5.04. The van der Waals surface area contributed by atoms with E-state index in [4.69, 9.17) is 5.73 Å². The van der Waals surface area contributed by atoms with Gasteiger partial charge in [0.15, 0.2) is 0 Å². The van der Waals surface area contributed by atoms with Gasteiger partial charge in [-0.25, -0.2) is 0 Å². The molecule has 1 atom stereocenters. The number of fused-ring (bicyclic) bond motifs is 3. The lowest BCUT2D eigenvalue weighted by Gasteiger charge is -2.03. The van der Waals surface area contributed by atoms with Crippen LogP contribution in [0.4, 0.5) is 0 Å². The van der Waals surface area contributed by atoms with Gasteiger partial charge in [0.2, 0.25) is 0 Å². The van der Waals surface area contributed by atoms with E-state index in [1.165, 1.54) is 10.4 Å². The molecule has 3 heteroatoms. The van der Waals surface area contributed by atoms with Gasteiger partial charge in [0.1, 0.15) is 0 Å². The van der Waals surface area contributed by atoms with Gasteiger partial charge in [0.05, 0.1) is 16.6 Å². The molecule has 2 nitrogen and oxygen atoms in total. The second kappa shape index (κ2) is 2.40. The molecule has 2 N–H and O–H groups in total. The molecule has 0 amide bonds. The number of thiophene rings is 1. The van der Waals surface area contributed by atoms with Crippen LogP contribution < -0.4 is 5.73 Å². The zero-order chi connectivity index (χ0) is 8.84. The van der Waals surface area contributed by atoms with E-state index in [0.29, 0.717) is 0 Å². The summed E-state index contributed by atoms with van der Waals surface area (Å²) in [7, 11) is 0. The Kier molecular flexibility index (Phi) is 1.34. The van der Waals surface area contributed by atoms with Crippen molar-refractivity contribution in [1.82, 2.24) is 4.98 Å². The van der Waals surface area contributed by atoms with E-state index in [2.05, 4.69) is 22.5 Å². The van der Waals surface area contributed by atoms with Crippen LogP contribution in [0.15, 0.2) is 29.8 Å². The van der Waals surface area contributed by atoms with E-state index in [9.17, 15) is 0 Å². The number of pyridine rings is 1. The lowest BCUT2D eigenvalue weighted by Crippen LogP contribution is -2.07. The van der Waals surface area contributed by atoms with Crippen LogP contribution in [-0.2, 0) is 0 Å². The molecule has 0 saturated carbocycles. The summed E-state index contributed by atoms with van der Waals surface area (Å²) in [5.74, 6) is 0. The van der Waals surface area contributed by atoms with Crippen LogP contribution in [0.2, 0.25) is 0 Å². The Balaban J connectivity index is 2.37. The van der Waals surface area contributed by atoms with Crippen LogP contribution in [0, 0.1) is 0 Å². The minimum absolute atomic E-state index is 0.0324. The maximum absolute atomic E-state index is 6.07. The fourth-order valence-electron chi connectivity index (χ4n) is 1.78.